The molecule has 1 unspecified atom stereocenters. The van der Waals surface area contributed by atoms with Crippen molar-refractivity contribution in [1.82, 2.24) is 5.32 Å². The number of carbonyl (C=O) groups excluding carboxylic acids is 1. The molecule has 1 aromatic heterocycles. The number of amides is 1. The minimum Gasteiger partial charge on any atom is -0.481 e. The molecule has 1 heterocycles. The molecule has 0 radical (unpaired) electrons. The topological polar surface area (TPSA) is 106 Å². The zero-order valence-corrected chi connectivity index (χ0v) is 8.84. The summed E-state index contributed by atoms with van der Waals surface area (Å²) in [6.45, 7) is 1.73. The third-order valence-electron chi connectivity index (χ3n) is 2.06. The summed E-state index contributed by atoms with van der Waals surface area (Å²) < 4.78 is 5.09. The smallest absolute Gasteiger partial charge is 0.305 e. The molecule has 0 aliphatic rings. The van der Waals surface area contributed by atoms with E-state index in [1.54, 1.807) is 19.1 Å². The summed E-state index contributed by atoms with van der Waals surface area (Å²) in [5.74, 6) is -1.02. The number of aliphatic carboxylic acids is 1. The minimum atomic E-state index is -1.10. The number of rotatable bonds is 5. The summed E-state index contributed by atoms with van der Waals surface area (Å²) in [5, 5.41) is 11.0. The Hall–Kier alpha value is -1.82. The summed E-state index contributed by atoms with van der Waals surface area (Å²) in [5.41, 5.74) is 5.40. The quantitative estimate of drug-likeness (QED) is 0.667. The van der Waals surface area contributed by atoms with Crippen molar-refractivity contribution in [2.75, 3.05) is 0 Å². The van der Waals surface area contributed by atoms with Gasteiger partial charge in [0.05, 0.1) is 24.8 Å². The van der Waals surface area contributed by atoms with Crippen molar-refractivity contribution in [3.05, 3.63) is 24.2 Å². The molecule has 0 saturated heterocycles. The Kier molecular flexibility index (Phi) is 4.07. The molecular weight excluding hydrogens is 212 g/mol. The monoisotopic (exact) mass is 226 g/mol. The Labute approximate surface area is 92.4 Å². The Morgan fingerprint density at radius 2 is 2.31 bits per heavy atom. The Morgan fingerprint density at radius 1 is 1.62 bits per heavy atom. The van der Waals surface area contributed by atoms with Crippen LogP contribution in [-0.2, 0) is 9.59 Å². The second-order valence-electron chi connectivity index (χ2n) is 3.45. The van der Waals surface area contributed by atoms with E-state index in [1.165, 1.54) is 6.26 Å². The lowest BCUT2D eigenvalue weighted by Crippen LogP contribution is -2.42. The minimum absolute atomic E-state index is 0.331. The molecule has 6 nitrogen and oxygen atoms in total. The van der Waals surface area contributed by atoms with Crippen LogP contribution in [0.25, 0.3) is 0 Å². The molecule has 0 aromatic carbocycles. The van der Waals surface area contributed by atoms with E-state index in [0.717, 1.165) is 0 Å². The standard InChI is InChI=1S/C10H14N2O4/c1-6(8-3-2-4-16-8)12-10(15)7(11)5-9(13)14/h2-4,6-7H,5,11H2,1H3,(H,12,15)(H,13,14)/t6-,7?/m1/s1. The van der Waals surface area contributed by atoms with Gasteiger partial charge in [0.25, 0.3) is 0 Å². The highest BCUT2D eigenvalue weighted by molar-refractivity contribution is 5.86. The molecule has 88 valence electrons. The molecule has 2 atom stereocenters. The van der Waals surface area contributed by atoms with Gasteiger partial charge in [0.15, 0.2) is 0 Å². The first kappa shape index (κ1) is 12.3. The van der Waals surface area contributed by atoms with Gasteiger partial charge in [-0.15, -0.1) is 0 Å². The predicted octanol–water partition coefficient (Wildman–Crippen LogP) is 0.259. The van der Waals surface area contributed by atoms with Crippen LogP contribution in [0.4, 0.5) is 0 Å². The molecule has 0 bridgehead atoms. The molecule has 4 N–H and O–H groups in total. The number of nitrogens with two attached hydrogens (primary N) is 1. The van der Waals surface area contributed by atoms with Crippen LogP contribution in [0.2, 0.25) is 0 Å². The van der Waals surface area contributed by atoms with E-state index in [-0.39, 0.29) is 6.04 Å². The lowest BCUT2D eigenvalue weighted by atomic mass is 10.2. The van der Waals surface area contributed by atoms with Gasteiger partial charge >= 0.3 is 5.97 Å². The maximum Gasteiger partial charge on any atom is 0.305 e. The molecule has 0 aliphatic heterocycles. The largest absolute Gasteiger partial charge is 0.481 e. The van der Waals surface area contributed by atoms with E-state index in [2.05, 4.69) is 5.32 Å². The highest BCUT2D eigenvalue weighted by atomic mass is 16.4. The zero-order valence-electron chi connectivity index (χ0n) is 8.84. The molecule has 1 aromatic rings. The van der Waals surface area contributed by atoms with E-state index in [0.29, 0.717) is 5.76 Å². The average Bonchev–Trinajstić information content (AvgIpc) is 2.68. The van der Waals surface area contributed by atoms with Crippen molar-refractivity contribution < 1.29 is 19.1 Å². The van der Waals surface area contributed by atoms with E-state index < -0.39 is 24.3 Å². The van der Waals surface area contributed by atoms with E-state index in [4.69, 9.17) is 15.3 Å². The Balaban J connectivity index is 2.48. The first-order valence-electron chi connectivity index (χ1n) is 4.82. The van der Waals surface area contributed by atoms with Gasteiger partial charge in [0, 0.05) is 0 Å². The summed E-state index contributed by atoms with van der Waals surface area (Å²) in [6.07, 6.45) is 1.10. The molecule has 16 heavy (non-hydrogen) atoms. The Bertz CT molecular complexity index is 361. The average molecular weight is 226 g/mol. The molecule has 6 heteroatoms. The van der Waals surface area contributed by atoms with E-state index >= 15 is 0 Å². The normalized spacial score (nSPS) is 14.1. The molecule has 1 amide bonds. The van der Waals surface area contributed by atoms with Crippen LogP contribution in [0, 0.1) is 0 Å². The fourth-order valence-corrected chi connectivity index (χ4v) is 1.21. The summed E-state index contributed by atoms with van der Waals surface area (Å²) in [7, 11) is 0. The molecule has 0 spiro atoms. The maximum atomic E-state index is 11.4. The maximum absolute atomic E-state index is 11.4. The first-order chi connectivity index (χ1) is 7.50. The van der Waals surface area contributed by atoms with Gasteiger partial charge in [0.1, 0.15) is 5.76 Å². The highest BCUT2D eigenvalue weighted by Gasteiger charge is 2.19. The van der Waals surface area contributed by atoms with Crippen LogP contribution in [0.5, 0.6) is 0 Å². The highest BCUT2D eigenvalue weighted by Crippen LogP contribution is 2.12. The summed E-state index contributed by atoms with van der Waals surface area (Å²) in [6, 6.07) is 2.04. The van der Waals surface area contributed by atoms with Gasteiger partial charge < -0.3 is 20.6 Å². The fraction of sp³-hybridized carbons (Fsp3) is 0.400. The van der Waals surface area contributed by atoms with Crippen molar-refractivity contribution in [3.63, 3.8) is 0 Å². The number of hydrogen-bond donors (Lipinski definition) is 3. The summed E-state index contributed by atoms with van der Waals surface area (Å²) >= 11 is 0. The van der Waals surface area contributed by atoms with Crippen LogP contribution in [-0.4, -0.2) is 23.0 Å². The van der Waals surface area contributed by atoms with Gasteiger partial charge in [-0.1, -0.05) is 0 Å². The second-order valence-corrected chi connectivity index (χ2v) is 3.45. The number of carbonyl (C=O) groups is 2. The number of furan rings is 1. The SMILES string of the molecule is C[C@@H](NC(=O)C(N)CC(=O)O)c1ccco1. The summed E-state index contributed by atoms with van der Waals surface area (Å²) in [4.78, 5) is 21.8. The van der Waals surface area contributed by atoms with Crippen molar-refractivity contribution >= 4 is 11.9 Å². The van der Waals surface area contributed by atoms with Crippen molar-refractivity contribution in [1.29, 1.82) is 0 Å². The van der Waals surface area contributed by atoms with Crippen LogP contribution >= 0.6 is 0 Å². The van der Waals surface area contributed by atoms with Crippen LogP contribution in [0.1, 0.15) is 25.1 Å². The fourth-order valence-electron chi connectivity index (χ4n) is 1.21. The van der Waals surface area contributed by atoms with Crippen LogP contribution in [0.3, 0.4) is 0 Å². The van der Waals surface area contributed by atoms with Gasteiger partial charge in [-0.3, -0.25) is 9.59 Å². The van der Waals surface area contributed by atoms with Crippen molar-refractivity contribution in [2.45, 2.75) is 25.4 Å². The number of carboxylic acids is 1. The van der Waals surface area contributed by atoms with Crippen LogP contribution < -0.4 is 11.1 Å². The molecule has 1 rings (SSSR count). The first-order valence-corrected chi connectivity index (χ1v) is 4.82. The molecular formula is C10H14N2O4. The zero-order chi connectivity index (χ0) is 12.1. The van der Waals surface area contributed by atoms with Gasteiger partial charge in [0.2, 0.25) is 5.91 Å². The molecule has 0 saturated carbocycles. The second kappa shape index (κ2) is 5.32. The number of carboxylic acid groups (broad SMARTS) is 1. The van der Waals surface area contributed by atoms with Gasteiger partial charge in [-0.2, -0.15) is 0 Å². The lowest BCUT2D eigenvalue weighted by Gasteiger charge is -2.14. The molecule has 0 fully saturated rings. The third-order valence-corrected chi connectivity index (χ3v) is 2.06. The van der Waals surface area contributed by atoms with Crippen LogP contribution in [0.15, 0.2) is 22.8 Å². The van der Waals surface area contributed by atoms with Crippen molar-refractivity contribution in [3.8, 4) is 0 Å². The lowest BCUT2D eigenvalue weighted by molar-refractivity contribution is -0.139. The van der Waals surface area contributed by atoms with E-state index in [1.807, 2.05) is 0 Å². The third kappa shape index (κ3) is 3.39. The van der Waals surface area contributed by atoms with Crippen molar-refractivity contribution in [2.24, 2.45) is 5.73 Å². The van der Waals surface area contributed by atoms with E-state index in [9.17, 15) is 9.59 Å². The number of nitrogens with one attached hydrogen (secondary N) is 1. The Morgan fingerprint density at radius 3 is 2.81 bits per heavy atom. The van der Waals surface area contributed by atoms with Gasteiger partial charge in [-0.05, 0) is 19.1 Å². The predicted molar refractivity (Wildman–Crippen MR) is 55.5 cm³/mol. The van der Waals surface area contributed by atoms with Gasteiger partial charge in [-0.25, -0.2) is 0 Å². The number of hydrogen-bond acceptors (Lipinski definition) is 4. The molecule has 0 aliphatic carbocycles.